The summed E-state index contributed by atoms with van der Waals surface area (Å²) in [5.74, 6) is 0.511. The summed E-state index contributed by atoms with van der Waals surface area (Å²) in [7, 11) is 1.78. The van der Waals surface area contributed by atoms with Gasteiger partial charge in [-0.3, -0.25) is 14.5 Å². The fourth-order valence-corrected chi connectivity index (χ4v) is 4.34. The van der Waals surface area contributed by atoms with Crippen LogP contribution in [0.15, 0.2) is 109 Å². The molecule has 1 aliphatic heterocycles. The Labute approximate surface area is 221 Å². The van der Waals surface area contributed by atoms with Crippen LogP contribution in [0.4, 0.5) is 5.69 Å². The molecule has 2 amide bonds. The Bertz CT molecular complexity index is 1450. The third-order valence-electron chi connectivity index (χ3n) is 6.15. The molecule has 0 saturated heterocycles. The van der Waals surface area contributed by atoms with E-state index in [0.29, 0.717) is 35.1 Å². The predicted octanol–water partition coefficient (Wildman–Crippen LogP) is 6.58. The van der Waals surface area contributed by atoms with Gasteiger partial charge in [-0.05, 0) is 59.2 Å². The zero-order valence-electron chi connectivity index (χ0n) is 20.3. The first kappa shape index (κ1) is 24.3. The Balaban J connectivity index is 1.35. The molecule has 0 atom stereocenters. The molecule has 0 saturated carbocycles. The number of nitrogens with zero attached hydrogens (tertiary/aromatic N) is 2. The smallest absolute Gasteiger partial charge is 0.294 e. The maximum atomic E-state index is 13.4. The standard InChI is InChI=1S/C31H25ClN2O3/c1-33(20-23-7-3-2-4-8-23)30(35)25-15-11-22(12-16-25)19-29-31(36)34(21-24-13-17-26(32)18-14-24)27-9-5-6-10-28(27)37-29/h2-19H,20-21H2,1H3/b29-19-. The second kappa shape index (κ2) is 10.7. The van der Waals surface area contributed by atoms with E-state index in [0.717, 1.165) is 16.7 Å². The quantitative estimate of drug-likeness (QED) is 0.276. The van der Waals surface area contributed by atoms with Gasteiger partial charge >= 0.3 is 0 Å². The molecular weight excluding hydrogens is 484 g/mol. The summed E-state index contributed by atoms with van der Waals surface area (Å²) in [5.41, 5.74) is 4.07. The highest BCUT2D eigenvalue weighted by Crippen LogP contribution is 2.36. The number of carbonyl (C=O) groups is 2. The number of hydrogen-bond acceptors (Lipinski definition) is 3. The second-order valence-electron chi connectivity index (χ2n) is 8.86. The first-order valence-electron chi connectivity index (χ1n) is 11.9. The summed E-state index contributed by atoms with van der Waals surface area (Å²) >= 11 is 6.03. The van der Waals surface area contributed by atoms with Crippen LogP contribution < -0.4 is 9.64 Å². The van der Waals surface area contributed by atoms with Crippen molar-refractivity contribution in [1.29, 1.82) is 0 Å². The summed E-state index contributed by atoms with van der Waals surface area (Å²) in [6.07, 6.45) is 1.70. The minimum absolute atomic E-state index is 0.0730. The van der Waals surface area contributed by atoms with Gasteiger partial charge in [0.25, 0.3) is 11.8 Å². The molecule has 5 rings (SSSR count). The van der Waals surface area contributed by atoms with Crippen LogP contribution in [0.2, 0.25) is 5.02 Å². The lowest BCUT2D eigenvalue weighted by Crippen LogP contribution is -2.36. The average Bonchev–Trinajstić information content (AvgIpc) is 2.92. The lowest BCUT2D eigenvalue weighted by atomic mass is 10.1. The van der Waals surface area contributed by atoms with Gasteiger partial charge in [0.05, 0.1) is 12.2 Å². The van der Waals surface area contributed by atoms with Gasteiger partial charge in [-0.15, -0.1) is 0 Å². The summed E-state index contributed by atoms with van der Waals surface area (Å²) < 4.78 is 5.99. The number of hydrogen-bond donors (Lipinski definition) is 0. The molecule has 0 N–H and O–H groups in total. The molecule has 0 radical (unpaired) electrons. The fraction of sp³-hybridized carbons (Fsp3) is 0.0968. The van der Waals surface area contributed by atoms with E-state index in [9.17, 15) is 9.59 Å². The van der Waals surface area contributed by atoms with Crippen molar-refractivity contribution in [3.05, 3.63) is 136 Å². The number of rotatable bonds is 6. The van der Waals surface area contributed by atoms with Gasteiger partial charge in [0.1, 0.15) is 0 Å². The molecule has 0 unspecified atom stereocenters. The molecule has 0 fully saturated rings. The van der Waals surface area contributed by atoms with E-state index >= 15 is 0 Å². The van der Waals surface area contributed by atoms with Crippen LogP contribution in [0.5, 0.6) is 5.75 Å². The third kappa shape index (κ3) is 5.57. The summed E-state index contributed by atoms with van der Waals surface area (Å²) in [4.78, 5) is 29.7. The number of benzene rings is 4. The molecule has 5 nitrogen and oxygen atoms in total. The Morgan fingerprint density at radius 1 is 0.865 bits per heavy atom. The van der Waals surface area contributed by atoms with Crippen molar-refractivity contribution in [2.45, 2.75) is 13.1 Å². The maximum absolute atomic E-state index is 13.4. The molecule has 37 heavy (non-hydrogen) atoms. The number of anilines is 1. The number of amides is 2. The first-order chi connectivity index (χ1) is 18.0. The Hall–Kier alpha value is -4.35. The van der Waals surface area contributed by atoms with Crippen molar-refractivity contribution < 1.29 is 14.3 Å². The van der Waals surface area contributed by atoms with Gasteiger partial charge in [-0.25, -0.2) is 0 Å². The number of fused-ring (bicyclic) bond motifs is 1. The summed E-state index contributed by atoms with van der Waals surface area (Å²) in [5, 5.41) is 0.645. The summed E-state index contributed by atoms with van der Waals surface area (Å²) in [6, 6.07) is 31.9. The maximum Gasteiger partial charge on any atom is 0.294 e. The number of halogens is 1. The van der Waals surface area contributed by atoms with Crippen molar-refractivity contribution in [2.75, 3.05) is 11.9 Å². The SMILES string of the molecule is CN(Cc1ccccc1)C(=O)c1ccc(/C=C2\Oc3ccccc3N(Cc3ccc(Cl)cc3)C2=O)cc1. The monoisotopic (exact) mass is 508 g/mol. The van der Waals surface area contributed by atoms with Crippen molar-refractivity contribution in [2.24, 2.45) is 0 Å². The van der Waals surface area contributed by atoms with E-state index in [4.69, 9.17) is 16.3 Å². The second-order valence-corrected chi connectivity index (χ2v) is 9.30. The van der Waals surface area contributed by atoms with Crippen LogP contribution in [0, 0.1) is 0 Å². The van der Waals surface area contributed by atoms with E-state index in [1.807, 2.05) is 91.0 Å². The normalized spacial score (nSPS) is 13.7. The van der Waals surface area contributed by atoms with E-state index in [1.165, 1.54) is 0 Å². The van der Waals surface area contributed by atoms with Gasteiger partial charge in [0, 0.05) is 24.2 Å². The molecule has 1 aliphatic rings. The molecule has 1 heterocycles. The average molecular weight is 509 g/mol. The Kier molecular flexibility index (Phi) is 7.06. The van der Waals surface area contributed by atoms with E-state index in [-0.39, 0.29) is 17.6 Å². The molecule has 0 aromatic heterocycles. The molecular formula is C31H25ClN2O3. The van der Waals surface area contributed by atoms with Gasteiger partial charge in [-0.1, -0.05) is 78.3 Å². The molecule has 4 aromatic carbocycles. The number of carbonyl (C=O) groups excluding carboxylic acids is 2. The van der Waals surface area contributed by atoms with Crippen molar-refractivity contribution in [3.63, 3.8) is 0 Å². The van der Waals surface area contributed by atoms with Crippen molar-refractivity contribution >= 4 is 35.2 Å². The number of para-hydroxylation sites is 2. The Morgan fingerprint density at radius 2 is 1.54 bits per heavy atom. The first-order valence-corrected chi connectivity index (χ1v) is 12.3. The van der Waals surface area contributed by atoms with E-state index < -0.39 is 0 Å². The molecule has 0 aliphatic carbocycles. The van der Waals surface area contributed by atoms with Crippen LogP contribution in [-0.4, -0.2) is 23.8 Å². The lowest BCUT2D eigenvalue weighted by Gasteiger charge is -2.30. The predicted molar refractivity (Wildman–Crippen MR) is 146 cm³/mol. The van der Waals surface area contributed by atoms with Crippen LogP contribution in [0.3, 0.4) is 0 Å². The topological polar surface area (TPSA) is 49.9 Å². The highest BCUT2D eigenvalue weighted by atomic mass is 35.5. The zero-order valence-corrected chi connectivity index (χ0v) is 21.1. The van der Waals surface area contributed by atoms with Gasteiger partial charge in [0.15, 0.2) is 11.5 Å². The summed E-state index contributed by atoms with van der Waals surface area (Å²) in [6.45, 7) is 0.908. The molecule has 6 heteroatoms. The van der Waals surface area contributed by atoms with Crippen LogP contribution in [-0.2, 0) is 17.9 Å². The number of ether oxygens (including phenoxy) is 1. The lowest BCUT2D eigenvalue weighted by molar-refractivity contribution is -0.117. The molecule has 0 spiro atoms. The molecule has 4 aromatic rings. The Morgan fingerprint density at radius 3 is 2.27 bits per heavy atom. The van der Waals surface area contributed by atoms with Crippen LogP contribution in [0.1, 0.15) is 27.0 Å². The van der Waals surface area contributed by atoms with Gasteiger partial charge in [-0.2, -0.15) is 0 Å². The van der Waals surface area contributed by atoms with Crippen LogP contribution in [0.25, 0.3) is 6.08 Å². The fourth-order valence-electron chi connectivity index (χ4n) is 4.21. The highest BCUT2D eigenvalue weighted by Gasteiger charge is 2.30. The van der Waals surface area contributed by atoms with Crippen molar-refractivity contribution in [1.82, 2.24) is 4.90 Å². The van der Waals surface area contributed by atoms with E-state index in [2.05, 4.69) is 0 Å². The van der Waals surface area contributed by atoms with Gasteiger partial charge < -0.3 is 9.64 Å². The molecule has 184 valence electrons. The third-order valence-corrected chi connectivity index (χ3v) is 6.40. The highest BCUT2D eigenvalue weighted by molar-refractivity contribution is 6.30. The van der Waals surface area contributed by atoms with E-state index in [1.54, 1.807) is 35.1 Å². The zero-order chi connectivity index (χ0) is 25.8. The van der Waals surface area contributed by atoms with Gasteiger partial charge in [0.2, 0.25) is 0 Å². The minimum Gasteiger partial charge on any atom is -0.449 e. The van der Waals surface area contributed by atoms with Crippen molar-refractivity contribution in [3.8, 4) is 5.75 Å². The van der Waals surface area contributed by atoms with Crippen LogP contribution >= 0.6 is 11.6 Å². The largest absolute Gasteiger partial charge is 0.449 e. The molecule has 0 bridgehead atoms. The minimum atomic E-state index is -0.239.